The van der Waals surface area contributed by atoms with E-state index in [2.05, 4.69) is 11.1 Å². The Morgan fingerprint density at radius 3 is 2.70 bits per heavy atom. The molecule has 0 aliphatic carbocycles. The van der Waals surface area contributed by atoms with Gasteiger partial charge in [-0.25, -0.2) is 0 Å². The van der Waals surface area contributed by atoms with Gasteiger partial charge in [-0.3, -0.25) is 14.9 Å². The molecular weight excluding hydrogens is 328 g/mol. The molecule has 0 unspecified atom stereocenters. The first-order valence-corrected chi connectivity index (χ1v) is 7.30. The first kappa shape index (κ1) is 18.8. The Morgan fingerprint density at radius 2 is 2.13 bits per heavy atom. The highest BCUT2D eigenvalue weighted by Crippen LogP contribution is 2.27. The van der Waals surface area contributed by atoms with Crippen molar-refractivity contribution in [2.45, 2.75) is 18.9 Å². The number of nitrogens with two attached hydrogens (primary N) is 1. The molecule has 1 amide bonds. The number of nitrogens with zero attached hydrogens (tertiary/aromatic N) is 1. The Bertz CT molecular complexity index is 596. The number of nitrogens with one attached hydrogen (secondary N) is 1. The third kappa shape index (κ3) is 6.19. The molecule has 0 fully saturated rings. The minimum absolute atomic E-state index is 0.0536. The normalized spacial score (nSPS) is 11.7. The summed E-state index contributed by atoms with van der Waals surface area (Å²) in [6.45, 7) is 1.18. The van der Waals surface area contributed by atoms with Crippen LogP contribution in [0, 0.1) is 10.1 Å². The van der Waals surface area contributed by atoms with Crippen LogP contribution in [0.4, 0.5) is 11.4 Å². The molecule has 0 spiro atoms. The molecule has 1 aromatic carbocycles. The summed E-state index contributed by atoms with van der Waals surface area (Å²) in [5, 5.41) is 25.7. The van der Waals surface area contributed by atoms with Crippen molar-refractivity contribution in [2.75, 3.05) is 18.4 Å². The summed E-state index contributed by atoms with van der Waals surface area (Å²) in [5.74, 6) is -1.92. The number of carboxylic acids is 1. The van der Waals surface area contributed by atoms with E-state index < -0.39 is 22.8 Å². The van der Waals surface area contributed by atoms with Gasteiger partial charge >= 0.3 is 0 Å². The highest BCUT2D eigenvalue weighted by molar-refractivity contribution is 6.32. The summed E-state index contributed by atoms with van der Waals surface area (Å²) in [4.78, 5) is 33.0. The molecule has 23 heavy (non-hydrogen) atoms. The minimum atomic E-state index is -1.34. The lowest BCUT2D eigenvalue weighted by Crippen LogP contribution is -2.93. The fourth-order valence-electron chi connectivity index (χ4n) is 1.87. The number of quaternary nitrogens is 2. The van der Waals surface area contributed by atoms with Gasteiger partial charge < -0.3 is 26.3 Å². The number of carbonyl (C=O) groups is 2. The number of halogens is 1. The largest absolute Gasteiger partial charge is 0.544 e. The molecular formula is C13H18ClN4O5+. The summed E-state index contributed by atoms with van der Waals surface area (Å²) < 4.78 is 0. The molecule has 1 atom stereocenters. The minimum Gasteiger partial charge on any atom is -0.544 e. The van der Waals surface area contributed by atoms with Crippen molar-refractivity contribution in [1.82, 2.24) is 0 Å². The van der Waals surface area contributed by atoms with E-state index in [0.717, 1.165) is 12.5 Å². The second-order valence-electron chi connectivity index (χ2n) is 4.83. The molecule has 0 saturated heterocycles. The van der Waals surface area contributed by atoms with Crippen LogP contribution in [0.5, 0.6) is 0 Å². The highest BCUT2D eigenvalue weighted by atomic mass is 35.5. The summed E-state index contributed by atoms with van der Waals surface area (Å²) in [7, 11) is 0. The first-order chi connectivity index (χ1) is 10.8. The highest BCUT2D eigenvalue weighted by Gasteiger charge is 2.19. The molecule has 126 valence electrons. The summed E-state index contributed by atoms with van der Waals surface area (Å²) in [6.07, 6.45) is 0.407. The lowest BCUT2D eigenvalue weighted by atomic mass is 10.2. The lowest BCUT2D eigenvalue weighted by Gasteiger charge is -2.16. The van der Waals surface area contributed by atoms with Gasteiger partial charge in [0.15, 0.2) is 0 Å². The van der Waals surface area contributed by atoms with Crippen LogP contribution < -0.4 is 21.5 Å². The van der Waals surface area contributed by atoms with Crippen LogP contribution in [-0.4, -0.2) is 35.9 Å². The Kier molecular flexibility index (Phi) is 7.39. The molecule has 0 aliphatic heterocycles. The van der Waals surface area contributed by atoms with Gasteiger partial charge in [-0.05, 0) is 12.1 Å². The number of aliphatic carboxylic acids is 1. The fraction of sp³-hybridized carbons (Fsp3) is 0.385. The van der Waals surface area contributed by atoms with Gasteiger partial charge in [-0.1, -0.05) is 11.6 Å². The van der Waals surface area contributed by atoms with Crippen molar-refractivity contribution in [3.05, 3.63) is 33.3 Å². The van der Waals surface area contributed by atoms with Crippen molar-refractivity contribution in [2.24, 2.45) is 0 Å². The first-order valence-electron chi connectivity index (χ1n) is 6.92. The topological polar surface area (TPSA) is 157 Å². The second kappa shape index (κ2) is 9.03. The molecule has 0 radical (unpaired) electrons. The number of carboxylic acid groups (broad SMARTS) is 1. The van der Waals surface area contributed by atoms with Gasteiger partial charge in [-0.15, -0.1) is 0 Å². The lowest BCUT2D eigenvalue weighted by molar-refractivity contribution is -0.684. The van der Waals surface area contributed by atoms with E-state index in [4.69, 9.17) is 11.6 Å². The number of nitro groups is 1. The molecule has 0 saturated carbocycles. The molecule has 0 aliphatic rings. The SMILES string of the molecule is [NH3+]CCC[NH2+][C@@H](CC(=O)Nc1ccc(Cl)c([N+](=O)[O-])c1)C(=O)[O-]. The maximum absolute atomic E-state index is 11.9. The Balaban J connectivity index is 2.69. The fourth-order valence-corrected chi connectivity index (χ4v) is 2.05. The molecule has 0 bridgehead atoms. The Hall–Kier alpha value is -2.23. The van der Waals surface area contributed by atoms with E-state index in [0.29, 0.717) is 13.1 Å². The van der Waals surface area contributed by atoms with Crippen LogP contribution in [0.15, 0.2) is 18.2 Å². The van der Waals surface area contributed by atoms with E-state index in [1.807, 2.05) is 0 Å². The average molecular weight is 346 g/mol. The predicted octanol–water partition coefficient (Wildman–Crippen LogP) is -2.11. The summed E-state index contributed by atoms with van der Waals surface area (Å²) >= 11 is 5.67. The monoisotopic (exact) mass is 345 g/mol. The number of rotatable bonds is 9. The second-order valence-corrected chi connectivity index (χ2v) is 5.24. The number of benzene rings is 1. The third-order valence-electron chi connectivity index (χ3n) is 3.04. The number of amides is 1. The smallest absolute Gasteiger partial charge is 0.289 e. The van der Waals surface area contributed by atoms with Crippen molar-refractivity contribution in [1.29, 1.82) is 0 Å². The maximum atomic E-state index is 11.9. The van der Waals surface area contributed by atoms with Crippen molar-refractivity contribution in [3.8, 4) is 0 Å². The number of anilines is 1. The van der Waals surface area contributed by atoms with Crippen LogP contribution in [0.25, 0.3) is 0 Å². The van der Waals surface area contributed by atoms with E-state index in [-0.39, 0.29) is 22.8 Å². The van der Waals surface area contributed by atoms with Crippen molar-refractivity contribution in [3.63, 3.8) is 0 Å². The maximum Gasteiger partial charge on any atom is 0.289 e. The van der Waals surface area contributed by atoms with Crippen molar-refractivity contribution >= 4 is 34.9 Å². The molecule has 0 heterocycles. The molecule has 9 nitrogen and oxygen atoms in total. The van der Waals surface area contributed by atoms with Gasteiger partial charge in [0.2, 0.25) is 5.91 Å². The Labute approximate surface area is 136 Å². The van der Waals surface area contributed by atoms with Gasteiger partial charge in [0, 0.05) is 18.2 Å². The van der Waals surface area contributed by atoms with Gasteiger partial charge in [0.1, 0.15) is 11.1 Å². The number of hydrogen-bond acceptors (Lipinski definition) is 5. The van der Waals surface area contributed by atoms with Crippen LogP contribution in [-0.2, 0) is 9.59 Å². The molecule has 0 aromatic heterocycles. The Morgan fingerprint density at radius 1 is 1.43 bits per heavy atom. The molecule has 1 aromatic rings. The van der Waals surface area contributed by atoms with Gasteiger partial charge in [-0.2, -0.15) is 0 Å². The van der Waals surface area contributed by atoms with E-state index in [1.165, 1.54) is 17.4 Å². The molecule has 1 rings (SSSR count). The molecule has 10 heteroatoms. The van der Waals surface area contributed by atoms with Crippen LogP contribution in [0.1, 0.15) is 12.8 Å². The summed E-state index contributed by atoms with van der Waals surface area (Å²) in [5.41, 5.74) is 3.47. The van der Waals surface area contributed by atoms with E-state index >= 15 is 0 Å². The number of nitro benzene ring substituents is 1. The molecule has 6 N–H and O–H groups in total. The van der Waals surface area contributed by atoms with Crippen LogP contribution in [0.2, 0.25) is 5.02 Å². The number of hydrogen-bond donors (Lipinski definition) is 3. The standard InChI is InChI=1S/C13H17ClN4O5/c14-9-3-2-8(6-11(9)18(22)23)17-12(19)7-10(13(20)21)16-5-1-4-15/h2-3,6,10,16H,1,4-5,7,15H2,(H,17,19)(H,20,21)/p+1/t10-/m0/s1. The van der Waals surface area contributed by atoms with E-state index in [9.17, 15) is 24.8 Å². The van der Waals surface area contributed by atoms with Gasteiger partial charge in [0.25, 0.3) is 5.69 Å². The van der Waals surface area contributed by atoms with Crippen LogP contribution >= 0.6 is 11.6 Å². The zero-order valence-electron chi connectivity index (χ0n) is 12.3. The summed E-state index contributed by atoms with van der Waals surface area (Å²) in [6, 6.07) is 2.77. The van der Waals surface area contributed by atoms with E-state index in [1.54, 1.807) is 0 Å². The zero-order valence-corrected chi connectivity index (χ0v) is 13.0. The van der Waals surface area contributed by atoms with Crippen LogP contribution in [0.3, 0.4) is 0 Å². The quantitative estimate of drug-likeness (QED) is 0.265. The number of carbonyl (C=O) groups excluding carboxylic acids is 2. The van der Waals surface area contributed by atoms with Gasteiger partial charge in [0.05, 0.1) is 30.4 Å². The van der Waals surface area contributed by atoms with Crippen molar-refractivity contribution < 1.29 is 30.7 Å². The average Bonchev–Trinajstić information content (AvgIpc) is 2.48. The predicted molar refractivity (Wildman–Crippen MR) is 79.3 cm³/mol. The zero-order chi connectivity index (χ0) is 17.4. The third-order valence-corrected chi connectivity index (χ3v) is 3.36.